The predicted octanol–water partition coefficient (Wildman–Crippen LogP) is 1.74. The van der Waals surface area contributed by atoms with E-state index in [1.165, 1.54) is 6.33 Å². The van der Waals surface area contributed by atoms with Crippen molar-refractivity contribution >= 4 is 11.9 Å². The summed E-state index contributed by atoms with van der Waals surface area (Å²) in [4.78, 5) is 30.5. The summed E-state index contributed by atoms with van der Waals surface area (Å²) in [7, 11) is 0. The highest BCUT2D eigenvalue weighted by molar-refractivity contribution is 5.92. The van der Waals surface area contributed by atoms with Gasteiger partial charge in [-0.3, -0.25) is 4.79 Å². The molecule has 0 aliphatic rings. The number of carbonyl (C=O) groups is 2. The topological polar surface area (TPSA) is 101 Å². The third-order valence-electron chi connectivity index (χ3n) is 3.13. The van der Waals surface area contributed by atoms with Crippen LogP contribution in [0.25, 0.3) is 0 Å². The number of aromatic nitrogens is 2. The molecule has 2 N–H and O–H groups in total. The molecular weight excluding hydrogens is 298 g/mol. The van der Waals surface area contributed by atoms with E-state index in [2.05, 4.69) is 15.3 Å². The van der Waals surface area contributed by atoms with Gasteiger partial charge in [0.05, 0.1) is 6.04 Å². The van der Waals surface area contributed by atoms with Gasteiger partial charge >= 0.3 is 5.97 Å². The van der Waals surface area contributed by atoms with E-state index in [4.69, 9.17) is 9.84 Å². The quantitative estimate of drug-likeness (QED) is 0.842. The van der Waals surface area contributed by atoms with Gasteiger partial charge in [-0.25, -0.2) is 14.8 Å². The summed E-state index contributed by atoms with van der Waals surface area (Å²) in [5.74, 6) is -0.856. The van der Waals surface area contributed by atoms with E-state index in [-0.39, 0.29) is 11.9 Å². The largest absolute Gasteiger partial charge is 0.482 e. The molecule has 0 saturated heterocycles. The van der Waals surface area contributed by atoms with Gasteiger partial charge in [-0.05, 0) is 37.6 Å². The number of amides is 1. The summed E-state index contributed by atoms with van der Waals surface area (Å²) in [5.41, 5.74) is 1.90. The maximum Gasteiger partial charge on any atom is 0.341 e. The Morgan fingerprint density at radius 1 is 1.26 bits per heavy atom. The van der Waals surface area contributed by atoms with Crippen LogP contribution in [-0.2, 0) is 4.79 Å². The number of hydrogen-bond donors (Lipinski definition) is 2. The highest BCUT2D eigenvalue weighted by Gasteiger charge is 2.13. The first-order chi connectivity index (χ1) is 11.0. The molecule has 0 radical (unpaired) electrons. The minimum absolute atomic E-state index is 0.230. The molecule has 0 aliphatic heterocycles. The van der Waals surface area contributed by atoms with Gasteiger partial charge < -0.3 is 15.2 Å². The molecule has 120 valence electrons. The molecule has 1 aromatic carbocycles. The molecule has 0 aliphatic carbocycles. The van der Waals surface area contributed by atoms with Crippen molar-refractivity contribution in [3.8, 4) is 5.75 Å². The second-order valence-electron chi connectivity index (χ2n) is 4.99. The van der Waals surface area contributed by atoms with Gasteiger partial charge in [0, 0.05) is 5.69 Å². The molecule has 0 bridgehead atoms. The number of nitrogens with one attached hydrogen (secondary N) is 1. The summed E-state index contributed by atoms with van der Waals surface area (Å²) in [6.45, 7) is 3.25. The van der Waals surface area contributed by atoms with E-state index in [0.717, 1.165) is 11.3 Å². The fourth-order valence-electron chi connectivity index (χ4n) is 1.93. The third kappa shape index (κ3) is 4.77. The number of carboxylic acid groups (broad SMARTS) is 1. The molecule has 1 heterocycles. The Labute approximate surface area is 133 Å². The molecule has 0 fully saturated rings. The van der Waals surface area contributed by atoms with Gasteiger partial charge in [-0.1, -0.05) is 12.1 Å². The van der Waals surface area contributed by atoms with Crippen molar-refractivity contribution in [2.24, 2.45) is 0 Å². The molecule has 7 nitrogen and oxygen atoms in total. The van der Waals surface area contributed by atoms with Crippen LogP contribution in [-0.4, -0.2) is 33.6 Å². The molecule has 2 rings (SSSR count). The van der Waals surface area contributed by atoms with E-state index < -0.39 is 12.6 Å². The minimum atomic E-state index is -1.03. The molecule has 0 spiro atoms. The Bertz CT molecular complexity index is 701. The van der Waals surface area contributed by atoms with E-state index in [1.54, 1.807) is 37.3 Å². The standard InChI is InChI=1S/C16H17N3O4/c1-10-7-14(18-9-17-10)16(22)19-11(2)12-3-5-13(6-4-12)23-8-15(20)21/h3-7,9,11H,8H2,1-2H3,(H,19,22)(H,20,21). The Kier molecular flexibility index (Phi) is 5.24. The van der Waals surface area contributed by atoms with E-state index in [9.17, 15) is 9.59 Å². The summed E-state index contributed by atoms with van der Waals surface area (Å²) in [5, 5.41) is 11.4. The van der Waals surface area contributed by atoms with Gasteiger partial charge in [0.2, 0.25) is 0 Å². The zero-order valence-corrected chi connectivity index (χ0v) is 12.8. The number of rotatable bonds is 6. The number of hydrogen-bond acceptors (Lipinski definition) is 5. The van der Waals surface area contributed by atoms with Crippen LogP contribution < -0.4 is 10.1 Å². The smallest absolute Gasteiger partial charge is 0.341 e. The van der Waals surface area contributed by atoms with Gasteiger partial charge in [0.25, 0.3) is 5.91 Å². The van der Waals surface area contributed by atoms with Crippen molar-refractivity contribution in [3.05, 3.63) is 53.6 Å². The molecule has 2 aromatic rings. The monoisotopic (exact) mass is 315 g/mol. The van der Waals surface area contributed by atoms with Crippen molar-refractivity contribution in [2.45, 2.75) is 19.9 Å². The van der Waals surface area contributed by atoms with Gasteiger partial charge in [0.1, 0.15) is 17.8 Å². The lowest BCUT2D eigenvalue weighted by Crippen LogP contribution is -2.27. The van der Waals surface area contributed by atoms with E-state index >= 15 is 0 Å². The average Bonchev–Trinajstić information content (AvgIpc) is 2.53. The Hall–Kier alpha value is -2.96. The Morgan fingerprint density at radius 3 is 2.57 bits per heavy atom. The first-order valence-corrected chi connectivity index (χ1v) is 7.00. The molecule has 7 heteroatoms. The number of carbonyl (C=O) groups excluding carboxylic acids is 1. The molecule has 1 unspecified atom stereocenters. The van der Waals surface area contributed by atoms with Crippen LogP contribution in [0.15, 0.2) is 36.7 Å². The maximum absolute atomic E-state index is 12.1. The predicted molar refractivity (Wildman–Crippen MR) is 82.2 cm³/mol. The number of ether oxygens (including phenoxy) is 1. The first kappa shape index (κ1) is 16.4. The molecule has 0 saturated carbocycles. The Morgan fingerprint density at radius 2 is 1.96 bits per heavy atom. The normalized spacial score (nSPS) is 11.6. The molecular formula is C16H17N3O4. The third-order valence-corrected chi connectivity index (χ3v) is 3.13. The van der Waals surface area contributed by atoms with Crippen molar-refractivity contribution in [1.29, 1.82) is 0 Å². The zero-order valence-electron chi connectivity index (χ0n) is 12.8. The number of carboxylic acids is 1. The van der Waals surface area contributed by atoms with E-state index in [0.29, 0.717) is 11.4 Å². The second kappa shape index (κ2) is 7.35. The van der Waals surface area contributed by atoms with Crippen LogP contribution in [0, 0.1) is 6.92 Å². The number of aryl methyl sites for hydroxylation is 1. The number of nitrogens with zero attached hydrogens (tertiary/aromatic N) is 2. The van der Waals surface area contributed by atoms with Crippen molar-refractivity contribution < 1.29 is 19.4 Å². The van der Waals surface area contributed by atoms with Crippen molar-refractivity contribution in [2.75, 3.05) is 6.61 Å². The van der Waals surface area contributed by atoms with Crippen molar-refractivity contribution in [1.82, 2.24) is 15.3 Å². The summed E-state index contributed by atoms with van der Waals surface area (Å²) >= 11 is 0. The maximum atomic E-state index is 12.1. The highest BCUT2D eigenvalue weighted by Crippen LogP contribution is 2.18. The summed E-state index contributed by atoms with van der Waals surface area (Å²) < 4.78 is 5.06. The van der Waals surface area contributed by atoms with Gasteiger partial charge in [-0.15, -0.1) is 0 Å². The lowest BCUT2D eigenvalue weighted by atomic mass is 10.1. The van der Waals surface area contributed by atoms with Gasteiger partial charge in [0.15, 0.2) is 6.61 Å². The van der Waals surface area contributed by atoms with Crippen molar-refractivity contribution in [3.63, 3.8) is 0 Å². The fraction of sp³-hybridized carbons (Fsp3) is 0.250. The molecule has 1 amide bonds. The molecule has 1 aromatic heterocycles. The van der Waals surface area contributed by atoms with Crippen LogP contribution in [0.1, 0.15) is 34.7 Å². The first-order valence-electron chi connectivity index (χ1n) is 7.00. The fourth-order valence-corrected chi connectivity index (χ4v) is 1.93. The average molecular weight is 315 g/mol. The minimum Gasteiger partial charge on any atom is -0.482 e. The summed E-state index contributed by atoms with van der Waals surface area (Å²) in [6.07, 6.45) is 1.35. The SMILES string of the molecule is Cc1cc(C(=O)NC(C)c2ccc(OCC(=O)O)cc2)ncn1. The summed E-state index contributed by atoms with van der Waals surface area (Å²) in [6, 6.07) is 8.25. The zero-order chi connectivity index (χ0) is 16.8. The van der Waals surface area contributed by atoms with Gasteiger partial charge in [-0.2, -0.15) is 0 Å². The highest BCUT2D eigenvalue weighted by atomic mass is 16.5. The number of benzene rings is 1. The number of aliphatic carboxylic acids is 1. The van der Waals surface area contributed by atoms with Crippen LogP contribution in [0.3, 0.4) is 0 Å². The lowest BCUT2D eigenvalue weighted by Gasteiger charge is -2.14. The second-order valence-corrected chi connectivity index (χ2v) is 4.99. The Balaban J connectivity index is 1.98. The lowest BCUT2D eigenvalue weighted by molar-refractivity contribution is -0.139. The van der Waals surface area contributed by atoms with Crippen LogP contribution in [0.5, 0.6) is 5.75 Å². The van der Waals surface area contributed by atoms with E-state index in [1.807, 2.05) is 6.92 Å². The van der Waals surface area contributed by atoms with Crippen LogP contribution >= 0.6 is 0 Å². The molecule has 1 atom stereocenters. The van der Waals surface area contributed by atoms with Crippen LogP contribution in [0.2, 0.25) is 0 Å². The van der Waals surface area contributed by atoms with Crippen LogP contribution in [0.4, 0.5) is 0 Å². The molecule has 23 heavy (non-hydrogen) atoms.